The van der Waals surface area contributed by atoms with E-state index in [0.29, 0.717) is 30.3 Å². The van der Waals surface area contributed by atoms with Crippen LogP contribution in [0.15, 0.2) is 11.3 Å². The normalized spacial score (nSPS) is 29.8. The Labute approximate surface area is 109 Å². The van der Waals surface area contributed by atoms with Crippen LogP contribution in [0.1, 0.15) is 46.5 Å². The highest BCUT2D eigenvalue weighted by Gasteiger charge is 2.34. The standard InChI is InChI=1S/C15H23NO2/c1-9(2)11-7-13(17)15(14(18)8-11)12-6-10(3)4-5-16-12/h9-11,16H,4-8H2,1-3H3. The van der Waals surface area contributed by atoms with Crippen LogP contribution >= 0.6 is 0 Å². The molecule has 2 fully saturated rings. The first kappa shape index (κ1) is 13.3. The number of allylic oxidation sites excluding steroid dienone is 2. The first-order valence-electron chi connectivity index (χ1n) is 7.02. The lowest BCUT2D eigenvalue weighted by Crippen LogP contribution is -2.34. The van der Waals surface area contributed by atoms with Crippen LogP contribution in [0.25, 0.3) is 0 Å². The third-order valence-corrected chi connectivity index (χ3v) is 4.23. The molecule has 0 aromatic carbocycles. The third kappa shape index (κ3) is 2.65. The number of ketones is 2. The van der Waals surface area contributed by atoms with Crippen molar-refractivity contribution in [1.82, 2.24) is 5.32 Å². The van der Waals surface area contributed by atoms with Gasteiger partial charge in [0.2, 0.25) is 0 Å². The van der Waals surface area contributed by atoms with Crippen LogP contribution in [0.5, 0.6) is 0 Å². The van der Waals surface area contributed by atoms with E-state index in [1.165, 1.54) is 0 Å². The molecule has 3 heteroatoms. The van der Waals surface area contributed by atoms with E-state index in [4.69, 9.17) is 0 Å². The summed E-state index contributed by atoms with van der Waals surface area (Å²) in [4.78, 5) is 24.4. The van der Waals surface area contributed by atoms with Crippen molar-refractivity contribution in [3.63, 3.8) is 0 Å². The van der Waals surface area contributed by atoms with Gasteiger partial charge in [-0.05, 0) is 30.6 Å². The smallest absolute Gasteiger partial charge is 0.168 e. The summed E-state index contributed by atoms with van der Waals surface area (Å²) in [7, 11) is 0. The first-order valence-corrected chi connectivity index (χ1v) is 7.02. The van der Waals surface area contributed by atoms with E-state index in [-0.39, 0.29) is 17.5 Å². The van der Waals surface area contributed by atoms with Gasteiger partial charge in [0.15, 0.2) is 11.6 Å². The average Bonchev–Trinajstić information content (AvgIpc) is 2.27. The van der Waals surface area contributed by atoms with Crippen molar-refractivity contribution in [2.45, 2.75) is 46.5 Å². The second-order valence-corrected chi connectivity index (χ2v) is 6.14. The quantitative estimate of drug-likeness (QED) is 0.573. The van der Waals surface area contributed by atoms with Crippen LogP contribution in [-0.2, 0) is 9.59 Å². The van der Waals surface area contributed by atoms with E-state index in [2.05, 4.69) is 26.1 Å². The zero-order chi connectivity index (χ0) is 13.3. The molecule has 1 N–H and O–H groups in total. The molecule has 0 aromatic rings. The lowest BCUT2D eigenvalue weighted by Gasteiger charge is -2.29. The van der Waals surface area contributed by atoms with Gasteiger partial charge in [0.1, 0.15) is 0 Å². The Kier molecular flexibility index (Phi) is 3.88. The summed E-state index contributed by atoms with van der Waals surface area (Å²) in [6.07, 6.45) is 3.05. The fourth-order valence-electron chi connectivity index (χ4n) is 2.90. The van der Waals surface area contributed by atoms with Gasteiger partial charge >= 0.3 is 0 Å². The SMILES string of the molecule is CC1CCNC(=C2C(=O)CC(C(C)C)CC2=O)C1. The lowest BCUT2D eigenvalue weighted by atomic mass is 9.76. The van der Waals surface area contributed by atoms with E-state index in [1.54, 1.807) is 0 Å². The molecule has 2 rings (SSSR count). The topological polar surface area (TPSA) is 46.2 Å². The summed E-state index contributed by atoms with van der Waals surface area (Å²) in [6, 6.07) is 0. The molecular formula is C15H23NO2. The highest BCUT2D eigenvalue weighted by Crippen LogP contribution is 2.31. The summed E-state index contributed by atoms with van der Waals surface area (Å²) in [5.41, 5.74) is 1.39. The zero-order valence-electron chi connectivity index (χ0n) is 11.6. The summed E-state index contributed by atoms with van der Waals surface area (Å²) >= 11 is 0. The molecule has 0 amide bonds. The second-order valence-electron chi connectivity index (χ2n) is 6.14. The molecule has 0 bridgehead atoms. The van der Waals surface area contributed by atoms with Crippen molar-refractivity contribution >= 4 is 11.6 Å². The van der Waals surface area contributed by atoms with E-state index in [9.17, 15) is 9.59 Å². The maximum atomic E-state index is 12.2. The van der Waals surface area contributed by atoms with E-state index in [0.717, 1.165) is 25.1 Å². The Morgan fingerprint density at radius 1 is 1.11 bits per heavy atom. The summed E-state index contributed by atoms with van der Waals surface area (Å²) in [5, 5.41) is 3.26. The van der Waals surface area contributed by atoms with Crippen molar-refractivity contribution in [1.29, 1.82) is 0 Å². The predicted molar refractivity (Wildman–Crippen MR) is 71.0 cm³/mol. The number of Topliss-reactive ketones (excluding diaryl/α,β-unsaturated/α-hetero) is 2. The molecule has 1 saturated heterocycles. The van der Waals surface area contributed by atoms with Crippen molar-refractivity contribution in [2.75, 3.05) is 6.54 Å². The minimum absolute atomic E-state index is 0.0570. The molecule has 1 aliphatic heterocycles. The van der Waals surface area contributed by atoms with Crippen LogP contribution < -0.4 is 5.32 Å². The Morgan fingerprint density at radius 2 is 1.72 bits per heavy atom. The second kappa shape index (κ2) is 5.25. The average molecular weight is 249 g/mol. The monoisotopic (exact) mass is 249 g/mol. The van der Waals surface area contributed by atoms with Crippen molar-refractivity contribution in [3.8, 4) is 0 Å². The molecule has 1 saturated carbocycles. The number of hydrogen-bond acceptors (Lipinski definition) is 3. The molecule has 100 valence electrons. The number of piperidine rings is 1. The predicted octanol–water partition coefficient (Wildman–Crippen LogP) is 2.46. The van der Waals surface area contributed by atoms with Gasteiger partial charge in [-0.25, -0.2) is 0 Å². The largest absolute Gasteiger partial charge is 0.388 e. The number of carbonyl (C=O) groups is 2. The van der Waals surface area contributed by atoms with Gasteiger partial charge in [-0.2, -0.15) is 0 Å². The van der Waals surface area contributed by atoms with Crippen LogP contribution in [-0.4, -0.2) is 18.1 Å². The maximum absolute atomic E-state index is 12.2. The number of hydrogen-bond donors (Lipinski definition) is 1. The summed E-state index contributed by atoms with van der Waals surface area (Å²) < 4.78 is 0. The van der Waals surface area contributed by atoms with Gasteiger partial charge in [0.05, 0.1) is 5.57 Å². The molecule has 1 aliphatic carbocycles. The Balaban J connectivity index is 2.21. The minimum Gasteiger partial charge on any atom is -0.388 e. The fraction of sp³-hybridized carbons (Fsp3) is 0.733. The molecule has 0 aromatic heterocycles. The van der Waals surface area contributed by atoms with Gasteiger partial charge in [-0.1, -0.05) is 20.8 Å². The molecule has 0 spiro atoms. The van der Waals surface area contributed by atoms with Gasteiger partial charge < -0.3 is 5.32 Å². The van der Waals surface area contributed by atoms with E-state index >= 15 is 0 Å². The molecule has 2 aliphatic rings. The van der Waals surface area contributed by atoms with Gasteiger partial charge in [0, 0.05) is 25.1 Å². The molecule has 3 nitrogen and oxygen atoms in total. The Morgan fingerprint density at radius 3 is 2.22 bits per heavy atom. The Bertz CT molecular complexity index is 375. The summed E-state index contributed by atoms with van der Waals surface area (Å²) in [6.45, 7) is 7.23. The van der Waals surface area contributed by atoms with Crippen molar-refractivity contribution < 1.29 is 9.59 Å². The van der Waals surface area contributed by atoms with Crippen LogP contribution in [0.3, 0.4) is 0 Å². The minimum atomic E-state index is 0.0570. The van der Waals surface area contributed by atoms with E-state index < -0.39 is 0 Å². The van der Waals surface area contributed by atoms with Crippen LogP contribution in [0.2, 0.25) is 0 Å². The number of carbonyl (C=O) groups excluding carboxylic acids is 2. The first-order chi connectivity index (χ1) is 8.49. The van der Waals surface area contributed by atoms with E-state index in [1.807, 2.05) is 0 Å². The Hall–Kier alpha value is -1.12. The molecule has 1 unspecified atom stereocenters. The molecule has 0 radical (unpaired) electrons. The third-order valence-electron chi connectivity index (χ3n) is 4.23. The van der Waals surface area contributed by atoms with Crippen molar-refractivity contribution in [3.05, 3.63) is 11.3 Å². The number of rotatable bonds is 1. The van der Waals surface area contributed by atoms with Crippen LogP contribution in [0.4, 0.5) is 0 Å². The van der Waals surface area contributed by atoms with Gasteiger partial charge in [0.25, 0.3) is 0 Å². The molecular weight excluding hydrogens is 226 g/mol. The number of nitrogens with one attached hydrogen (secondary N) is 1. The molecule has 1 heterocycles. The molecule has 18 heavy (non-hydrogen) atoms. The van der Waals surface area contributed by atoms with Gasteiger partial charge in [-0.3, -0.25) is 9.59 Å². The zero-order valence-corrected chi connectivity index (χ0v) is 11.6. The van der Waals surface area contributed by atoms with Gasteiger partial charge in [-0.15, -0.1) is 0 Å². The molecule has 1 atom stereocenters. The lowest BCUT2D eigenvalue weighted by molar-refractivity contribution is -0.126. The summed E-state index contributed by atoms with van der Waals surface area (Å²) in [5.74, 6) is 1.32. The maximum Gasteiger partial charge on any atom is 0.168 e. The fourth-order valence-corrected chi connectivity index (χ4v) is 2.90. The van der Waals surface area contributed by atoms with Crippen LogP contribution in [0, 0.1) is 17.8 Å². The van der Waals surface area contributed by atoms with Crippen molar-refractivity contribution in [2.24, 2.45) is 17.8 Å². The highest BCUT2D eigenvalue weighted by atomic mass is 16.1. The highest BCUT2D eigenvalue weighted by molar-refractivity contribution is 6.22.